The van der Waals surface area contributed by atoms with E-state index >= 15 is 0 Å². The molecule has 6 heterocycles. The molecule has 14 heteroatoms. The van der Waals surface area contributed by atoms with E-state index in [1.165, 1.54) is 69.1 Å². The summed E-state index contributed by atoms with van der Waals surface area (Å²) in [7, 11) is 0. The molecule has 0 spiro atoms. The van der Waals surface area contributed by atoms with Crippen LogP contribution in [0.4, 0.5) is 20.7 Å². The highest BCUT2D eigenvalue weighted by molar-refractivity contribution is 5.80. The van der Waals surface area contributed by atoms with Crippen LogP contribution in [0.3, 0.4) is 0 Å². The molecule has 12 rings (SSSR count). The van der Waals surface area contributed by atoms with Crippen LogP contribution in [0.5, 0.6) is 0 Å². The van der Waals surface area contributed by atoms with Crippen molar-refractivity contribution in [2.45, 2.75) is 90.1 Å². The molecule has 0 saturated heterocycles. The van der Waals surface area contributed by atoms with Gasteiger partial charge in [-0.3, -0.25) is 9.97 Å². The summed E-state index contributed by atoms with van der Waals surface area (Å²) in [5.74, 6) is 1.82. The molecule has 64 heavy (non-hydrogen) atoms. The van der Waals surface area contributed by atoms with Crippen molar-refractivity contribution < 1.29 is 8.78 Å². The Hall–Kier alpha value is -7.22. The molecule has 8 aromatic rings. The third-order valence-corrected chi connectivity index (χ3v) is 12.9. The van der Waals surface area contributed by atoms with Crippen LogP contribution in [-0.2, 0) is 12.8 Å². The van der Waals surface area contributed by atoms with E-state index in [9.17, 15) is 8.78 Å². The predicted octanol–water partition coefficient (Wildman–Crippen LogP) is 10.1. The van der Waals surface area contributed by atoms with Crippen molar-refractivity contribution in [3.8, 4) is 22.8 Å². The van der Waals surface area contributed by atoms with Crippen molar-refractivity contribution in [3.05, 3.63) is 154 Å². The highest BCUT2D eigenvalue weighted by atomic mass is 19.1. The van der Waals surface area contributed by atoms with Gasteiger partial charge in [0, 0.05) is 46.7 Å². The summed E-state index contributed by atoms with van der Waals surface area (Å²) >= 11 is 0. The van der Waals surface area contributed by atoms with Crippen LogP contribution in [0, 0.1) is 11.6 Å². The Morgan fingerprint density at radius 2 is 0.984 bits per heavy atom. The molecule has 2 aromatic carbocycles. The Labute approximate surface area is 368 Å². The summed E-state index contributed by atoms with van der Waals surface area (Å²) in [4.78, 5) is 26.9. The van der Waals surface area contributed by atoms with E-state index in [-0.39, 0.29) is 23.9 Å². The van der Waals surface area contributed by atoms with Crippen LogP contribution in [0.15, 0.2) is 109 Å². The van der Waals surface area contributed by atoms with Gasteiger partial charge in [0.2, 0.25) is 11.9 Å². The largest absolute Gasteiger partial charge is 0.351 e. The minimum atomic E-state index is -0.409. The van der Waals surface area contributed by atoms with E-state index in [2.05, 4.69) is 107 Å². The van der Waals surface area contributed by atoms with Gasteiger partial charge < -0.3 is 10.6 Å². The fourth-order valence-electron chi connectivity index (χ4n) is 9.81. The highest BCUT2D eigenvalue weighted by Gasteiger charge is 2.33. The number of hydrogen-bond donors (Lipinski definition) is 2. The van der Waals surface area contributed by atoms with Crippen LogP contribution in [0.2, 0.25) is 0 Å². The number of pyridine rings is 2. The average Bonchev–Trinajstić information content (AvgIpc) is 4.14. The molecule has 0 fully saturated rings. The Morgan fingerprint density at radius 1 is 0.547 bits per heavy atom. The fourth-order valence-corrected chi connectivity index (χ4v) is 9.81. The van der Waals surface area contributed by atoms with Gasteiger partial charge in [0.05, 0.1) is 24.8 Å². The van der Waals surface area contributed by atoms with Gasteiger partial charge in [-0.25, -0.2) is 18.7 Å². The molecule has 12 nitrogen and oxygen atoms in total. The number of nitrogens with zero attached hydrogens (tertiary/aromatic N) is 10. The van der Waals surface area contributed by atoms with Crippen molar-refractivity contribution in [2.75, 3.05) is 10.6 Å². The fraction of sp³-hybridized carbons (Fsp3) is 0.280. The summed E-state index contributed by atoms with van der Waals surface area (Å²) < 4.78 is 31.2. The Balaban J connectivity index is 0.000000143. The van der Waals surface area contributed by atoms with Gasteiger partial charge in [0.1, 0.15) is 11.6 Å². The first-order valence-electron chi connectivity index (χ1n) is 22.0. The average molecular weight is 853 g/mol. The number of halogens is 2. The Kier molecular flexibility index (Phi) is 9.81. The first kappa shape index (κ1) is 39.6. The maximum atomic E-state index is 13.8. The number of anilines is 2. The number of benzene rings is 2. The zero-order valence-electron chi connectivity index (χ0n) is 36.0. The first-order chi connectivity index (χ1) is 31.1. The van der Waals surface area contributed by atoms with Crippen LogP contribution in [-0.4, -0.2) is 61.2 Å². The Bertz CT molecular complexity index is 2990. The standard InChI is InChI=1S/2C25H23FN6/c2*1-14(2)22-13-28-32-24(22)30-23(17-8-18(26)12-27-11-17)31-25(32)29-19-9-16-7-15-5-3-4-6-20(15)21(16)10-19/h2*3-6,8,11-14,19H,7,9-10H2,1-2H3,(H,29,30,31)/t2*19-/m10/s1. The van der Waals surface area contributed by atoms with Crippen molar-refractivity contribution in [3.63, 3.8) is 0 Å². The number of aromatic nitrogens is 10. The lowest BCUT2D eigenvalue weighted by atomic mass is 10.0. The van der Waals surface area contributed by atoms with Gasteiger partial charge in [-0.2, -0.15) is 29.2 Å². The monoisotopic (exact) mass is 852 g/mol. The van der Waals surface area contributed by atoms with Gasteiger partial charge in [0.15, 0.2) is 22.9 Å². The summed E-state index contributed by atoms with van der Waals surface area (Å²) in [6.45, 7) is 8.44. The van der Waals surface area contributed by atoms with Crippen LogP contribution < -0.4 is 10.6 Å². The molecule has 0 amide bonds. The molecule has 4 aliphatic carbocycles. The van der Waals surface area contributed by atoms with E-state index < -0.39 is 11.6 Å². The summed E-state index contributed by atoms with van der Waals surface area (Å²) in [5.41, 5.74) is 16.2. The van der Waals surface area contributed by atoms with Gasteiger partial charge in [-0.15, -0.1) is 0 Å². The third-order valence-electron chi connectivity index (χ3n) is 12.9. The van der Waals surface area contributed by atoms with E-state index in [0.29, 0.717) is 34.7 Å². The first-order valence-corrected chi connectivity index (χ1v) is 22.0. The Morgan fingerprint density at radius 3 is 1.41 bits per heavy atom. The molecule has 6 aromatic heterocycles. The van der Waals surface area contributed by atoms with Gasteiger partial charge >= 0.3 is 0 Å². The normalized spacial score (nSPS) is 17.3. The smallest absolute Gasteiger partial charge is 0.228 e. The van der Waals surface area contributed by atoms with E-state index in [0.717, 1.165) is 60.9 Å². The molecule has 0 saturated carbocycles. The molecule has 0 aliphatic heterocycles. The number of nitrogens with one attached hydrogen (secondary N) is 2. The third kappa shape index (κ3) is 7.16. The number of rotatable bonds is 8. The summed E-state index contributed by atoms with van der Waals surface area (Å²) in [6.07, 6.45) is 15.2. The van der Waals surface area contributed by atoms with Crippen molar-refractivity contribution in [2.24, 2.45) is 0 Å². The maximum Gasteiger partial charge on any atom is 0.228 e. The quantitative estimate of drug-likeness (QED) is 0.152. The number of fused-ring (bicyclic) bond motifs is 6. The lowest BCUT2D eigenvalue weighted by molar-refractivity contribution is 0.621. The molecular weight excluding hydrogens is 807 g/mol. The molecule has 320 valence electrons. The molecule has 0 bridgehead atoms. The molecule has 2 atom stereocenters. The van der Waals surface area contributed by atoms with Crippen molar-refractivity contribution >= 4 is 34.3 Å². The second-order valence-corrected chi connectivity index (χ2v) is 17.8. The second-order valence-electron chi connectivity index (χ2n) is 17.8. The predicted molar refractivity (Wildman–Crippen MR) is 244 cm³/mol. The maximum absolute atomic E-state index is 13.8. The van der Waals surface area contributed by atoms with Crippen molar-refractivity contribution in [1.29, 1.82) is 0 Å². The second kappa shape index (κ2) is 15.8. The summed E-state index contributed by atoms with van der Waals surface area (Å²) in [5, 5.41) is 16.4. The summed E-state index contributed by atoms with van der Waals surface area (Å²) in [6, 6.07) is 20.6. The van der Waals surface area contributed by atoms with E-state index in [1.54, 1.807) is 21.4 Å². The minimum Gasteiger partial charge on any atom is -0.351 e. The highest BCUT2D eigenvalue weighted by Crippen LogP contribution is 2.45. The van der Waals surface area contributed by atoms with Gasteiger partial charge in [0.25, 0.3) is 0 Å². The lowest BCUT2D eigenvalue weighted by Crippen LogP contribution is -2.21. The molecule has 4 aliphatic rings. The van der Waals surface area contributed by atoms with Crippen LogP contribution in [0.25, 0.3) is 45.2 Å². The molecule has 2 N–H and O–H groups in total. The minimum absolute atomic E-state index is 0.233. The molecule has 0 unspecified atom stereocenters. The van der Waals surface area contributed by atoms with E-state index in [4.69, 9.17) is 19.9 Å². The number of hydrogen-bond acceptors (Lipinski definition) is 10. The van der Waals surface area contributed by atoms with Crippen LogP contribution in [0.1, 0.15) is 98.6 Å². The zero-order chi connectivity index (χ0) is 43.6. The van der Waals surface area contributed by atoms with E-state index in [1.807, 2.05) is 12.4 Å². The van der Waals surface area contributed by atoms with Crippen molar-refractivity contribution in [1.82, 2.24) is 49.1 Å². The van der Waals surface area contributed by atoms with Gasteiger partial charge in [-0.05, 0) is 95.9 Å². The molecular formula is C50H46F2N12. The molecule has 0 radical (unpaired) electrons. The lowest BCUT2D eigenvalue weighted by Gasteiger charge is -2.17. The van der Waals surface area contributed by atoms with Gasteiger partial charge in [-0.1, -0.05) is 87.4 Å². The topological polar surface area (TPSA) is 136 Å². The van der Waals surface area contributed by atoms with Crippen LogP contribution >= 0.6 is 0 Å². The zero-order valence-corrected chi connectivity index (χ0v) is 36.0. The SMILES string of the molecule is CC(C)c1cnn2c(N[C@@H]3CC4=C(C3)c3ccccc3C4)nc(-c3cncc(F)c3)nc12.CC(C)c1cnn2c(N[C@H]3CC4=C(C3)c3ccccc3C4)nc(-c3cncc(F)c3)nc12.